The van der Waals surface area contributed by atoms with E-state index in [9.17, 15) is 17.8 Å². The Morgan fingerprint density at radius 2 is 1.75 bits per heavy atom. The molecular formula is C21H32BrFN2O5S2. The van der Waals surface area contributed by atoms with Crippen molar-refractivity contribution in [3.8, 4) is 0 Å². The van der Waals surface area contributed by atoms with Crippen LogP contribution in [0.2, 0.25) is 0 Å². The van der Waals surface area contributed by atoms with Crippen LogP contribution in [0.4, 0.5) is 9.18 Å². The van der Waals surface area contributed by atoms with Crippen LogP contribution < -0.4 is 4.72 Å². The molecule has 0 aromatic heterocycles. The van der Waals surface area contributed by atoms with Gasteiger partial charge in [0.15, 0.2) is 0 Å². The first kappa shape index (κ1) is 27.4. The summed E-state index contributed by atoms with van der Waals surface area (Å²) in [5.41, 5.74) is -2.46. The molecule has 2 atom stereocenters. The van der Waals surface area contributed by atoms with Gasteiger partial charge in [-0.2, -0.15) is 0 Å². The van der Waals surface area contributed by atoms with Gasteiger partial charge >= 0.3 is 6.09 Å². The zero-order valence-electron chi connectivity index (χ0n) is 19.7. The quantitative estimate of drug-likeness (QED) is 0.516. The summed E-state index contributed by atoms with van der Waals surface area (Å²) in [5.74, 6) is -0.643. The molecule has 11 heteroatoms. The van der Waals surface area contributed by atoms with Gasteiger partial charge in [-0.15, -0.1) is 4.72 Å². The van der Waals surface area contributed by atoms with Crippen molar-refractivity contribution in [1.82, 2.24) is 9.03 Å². The third-order valence-corrected chi connectivity index (χ3v) is 10.3. The van der Waals surface area contributed by atoms with Gasteiger partial charge < -0.3 is 9.29 Å². The summed E-state index contributed by atoms with van der Waals surface area (Å²) in [7, 11) is -3.22. The first-order chi connectivity index (χ1) is 14.3. The minimum Gasteiger partial charge on any atom is -0.598 e. The third kappa shape index (κ3) is 5.11. The van der Waals surface area contributed by atoms with Crippen molar-refractivity contribution in [2.24, 2.45) is 0 Å². The fourth-order valence-corrected chi connectivity index (χ4v) is 6.89. The Morgan fingerprint density at radius 1 is 1.22 bits per heavy atom. The van der Waals surface area contributed by atoms with Crippen molar-refractivity contribution in [1.29, 1.82) is 0 Å². The first-order valence-corrected chi connectivity index (χ1v) is 13.5. The maximum atomic E-state index is 15.1. The van der Waals surface area contributed by atoms with Gasteiger partial charge in [0.1, 0.15) is 26.5 Å². The van der Waals surface area contributed by atoms with Gasteiger partial charge in [0, 0.05) is 28.4 Å². The normalized spacial score (nSPS) is 19.1. The molecule has 0 saturated heterocycles. The number of carbonyl (C=O) groups excluding carboxylic acids is 1. The lowest BCUT2D eigenvalue weighted by Crippen LogP contribution is -2.62. The van der Waals surface area contributed by atoms with Crippen LogP contribution in [0.15, 0.2) is 22.7 Å². The van der Waals surface area contributed by atoms with Crippen LogP contribution in [-0.2, 0) is 31.7 Å². The Labute approximate surface area is 202 Å². The number of halogens is 2. The number of hydrogen-bond donors (Lipinski definition) is 1. The topological polar surface area (TPSA) is 98.8 Å². The highest BCUT2D eigenvalue weighted by Gasteiger charge is 2.70. The van der Waals surface area contributed by atoms with E-state index in [0.29, 0.717) is 8.78 Å². The SMILES string of the molecule is CN(C(=O)OC(C)(C)C)S(=O)(=O)C1(C(C)(N[S+]([O-])C(C)(C)C)c2cc(Br)ccc2F)CC1. The van der Waals surface area contributed by atoms with Crippen LogP contribution in [0.25, 0.3) is 0 Å². The molecule has 1 fully saturated rings. The van der Waals surface area contributed by atoms with Crippen molar-refractivity contribution < 1.29 is 26.9 Å². The third-order valence-electron chi connectivity index (χ3n) is 5.44. The van der Waals surface area contributed by atoms with Crippen molar-refractivity contribution in [3.05, 3.63) is 34.1 Å². The molecule has 182 valence electrons. The standard InChI is InChI=1S/C21H32BrFN2O5S2/c1-18(2,3)30-17(26)25(8)32(28,29)21(11-12-21)20(7,24-31(27)19(4,5)6)15-13-14(22)9-10-16(15)23/h9-10,13,24H,11-12H2,1-8H3. The Hall–Kier alpha value is -0.880. The number of hydrogen-bond acceptors (Lipinski definition) is 6. The van der Waals surface area contributed by atoms with Gasteiger partial charge in [-0.3, -0.25) is 0 Å². The molecule has 1 saturated carbocycles. The van der Waals surface area contributed by atoms with E-state index >= 15 is 4.39 Å². The fraction of sp³-hybridized carbons (Fsp3) is 0.667. The number of nitrogens with zero attached hydrogens (tertiary/aromatic N) is 1. The molecule has 1 amide bonds. The highest BCUT2D eigenvalue weighted by molar-refractivity contribution is 9.10. The fourth-order valence-electron chi connectivity index (χ4n) is 3.43. The molecule has 0 aliphatic heterocycles. The Kier molecular flexibility index (Phi) is 7.46. The zero-order chi connectivity index (χ0) is 24.9. The number of rotatable bonds is 6. The lowest BCUT2D eigenvalue weighted by atomic mass is 9.87. The molecule has 1 N–H and O–H groups in total. The summed E-state index contributed by atoms with van der Waals surface area (Å²) >= 11 is 1.58. The Balaban J connectivity index is 2.65. The van der Waals surface area contributed by atoms with E-state index in [1.54, 1.807) is 41.5 Å². The highest BCUT2D eigenvalue weighted by Crippen LogP contribution is 2.58. The largest absolute Gasteiger partial charge is 0.598 e. The Bertz CT molecular complexity index is 987. The van der Waals surface area contributed by atoms with Crippen LogP contribution in [0.5, 0.6) is 0 Å². The lowest BCUT2D eigenvalue weighted by Gasteiger charge is -2.42. The van der Waals surface area contributed by atoms with Gasteiger partial charge in [0.05, 0.1) is 0 Å². The van der Waals surface area contributed by atoms with Crippen molar-refractivity contribution in [2.45, 2.75) is 81.9 Å². The van der Waals surface area contributed by atoms with Crippen molar-refractivity contribution in [2.75, 3.05) is 7.05 Å². The zero-order valence-corrected chi connectivity index (χ0v) is 22.9. The second-order valence-corrected chi connectivity index (χ2v) is 15.3. The van der Waals surface area contributed by atoms with E-state index in [1.165, 1.54) is 25.1 Å². The summed E-state index contributed by atoms with van der Waals surface area (Å²) in [6.07, 6.45) is -0.726. The minimum atomic E-state index is -4.35. The van der Waals surface area contributed by atoms with Gasteiger partial charge in [0.2, 0.25) is 10.0 Å². The van der Waals surface area contributed by atoms with Crippen LogP contribution in [0.3, 0.4) is 0 Å². The molecule has 32 heavy (non-hydrogen) atoms. The van der Waals surface area contributed by atoms with E-state index in [1.807, 2.05) is 0 Å². The maximum absolute atomic E-state index is 15.1. The first-order valence-electron chi connectivity index (χ1n) is 10.2. The van der Waals surface area contributed by atoms with E-state index in [0.717, 1.165) is 7.05 Å². The van der Waals surface area contributed by atoms with E-state index < -0.39 is 53.9 Å². The van der Waals surface area contributed by atoms with Crippen molar-refractivity contribution >= 4 is 43.4 Å². The van der Waals surface area contributed by atoms with Gasteiger partial charge in [-0.25, -0.2) is 21.9 Å². The molecule has 0 spiro atoms. The number of benzene rings is 1. The smallest absolute Gasteiger partial charge is 0.423 e. The van der Waals surface area contributed by atoms with E-state index in [-0.39, 0.29) is 18.4 Å². The molecule has 1 aliphatic rings. The summed E-state index contributed by atoms with van der Waals surface area (Å²) in [6.45, 7) is 11.6. The monoisotopic (exact) mass is 554 g/mol. The molecule has 2 unspecified atom stereocenters. The minimum absolute atomic E-state index is 0.0446. The summed E-state index contributed by atoms with van der Waals surface area (Å²) < 4.78 is 62.6. The lowest BCUT2D eigenvalue weighted by molar-refractivity contribution is 0.0417. The van der Waals surface area contributed by atoms with Gasteiger partial charge in [0.25, 0.3) is 0 Å². The maximum Gasteiger partial charge on any atom is 0.423 e. The van der Waals surface area contributed by atoms with E-state index in [4.69, 9.17) is 4.74 Å². The molecule has 1 aromatic rings. The predicted molar refractivity (Wildman–Crippen MR) is 127 cm³/mol. The number of ether oxygens (including phenoxy) is 1. The average molecular weight is 556 g/mol. The van der Waals surface area contributed by atoms with Crippen LogP contribution in [0, 0.1) is 5.82 Å². The molecule has 2 rings (SSSR count). The average Bonchev–Trinajstić information content (AvgIpc) is 3.43. The molecule has 1 aliphatic carbocycles. The molecule has 1 aromatic carbocycles. The van der Waals surface area contributed by atoms with Crippen molar-refractivity contribution in [3.63, 3.8) is 0 Å². The molecule has 0 radical (unpaired) electrons. The molecular weight excluding hydrogens is 523 g/mol. The highest BCUT2D eigenvalue weighted by atomic mass is 79.9. The second-order valence-electron chi connectivity index (χ2n) is 10.2. The summed E-state index contributed by atoms with van der Waals surface area (Å²) in [5, 5.41) is 0. The predicted octanol–water partition coefficient (Wildman–Crippen LogP) is 4.58. The van der Waals surface area contributed by atoms with E-state index in [2.05, 4.69) is 20.7 Å². The number of sulfonamides is 1. The Morgan fingerprint density at radius 3 is 2.19 bits per heavy atom. The number of amides is 1. The number of nitrogens with one attached hydrogen (secondary N) is 1. The number of carbonyl (C=O) groups is 1. The van der Waals surface area contributed by atoms with Gasteiger partial charge in [-0.1, -0.05) is 15.9 Å². The summed E-state index contributed by atoms with van der Waals surface area (Å²) in [6, 6.07) is 4.20. The second kappa shape index (κ2) is 8.72. The molecule has 0 bridgehead atoms. The summed E-state index contributed by atoms with van der Waals surface area (Å²) in [4.78, 5) is 12.6. The molecule has 7 nitrogen and oxygen atoms in total. The van der Waals surface area contributed by atoms with Crippen LogP contribution >= 0.6 is 15.9 Å². The van der Waals surface area contributed by atoms with Crippen LogP contribution in [-0.4, -0.2) is 45.5 Å². The van der Waals surface area contributed by atoms with Gasteiger partial charge in [-0.05, 0) is 79.5 Å². The van der Waals surface area contributed by atoms with Crippen LogP contribution in [0.1, 0.15) is 66.9 Å². The molecule has 0 heterocycles.